The van der Waals surface area contributed by atoms with Gasteiger partial charge in [0, 0.05) is 10.8 Å². The molecule has 194 valence electrons. The van der Waals surface area contributed by atoms with E-state index in [0.29, 0.717) is 0 Å². The Morgan fingerprint density at radius 2 is 0.763 bits per heavy atom. The molecule has 0 heteroatoms. The number of rotatable bonds is 1. The Labute approximate surface area is 230 Å². The SMILES string of the molecule is CC(C)(C)c1ccc2c(c1)C(C)(C)c1ccc(-c3ccc4c(c3)-c3ccc(C(C)(C)C)cc3C4(C)C)cc1-2. The maximum Gasteiger partial charge on any atom is 0.0158 e. The Kier molecular flexibility index (Phi) is 5.11. The van der Waals surface area contributed by atoms with Crippen molar-refractivity contribution in [2.45, 2.75) is 90.9 Å². The average Bonchev–Trinajstić information content (AvgIpc) is 3.21. The Bertz CT molecular complexity index is 1490. The second kappa shape index (κ2) is 7.72. The molecule has 0 bridgehead atoms. The minimum absolute atomic E-state index is 0.0100. The Morgan fingerprint density at radius 3 is 1.11 bits per heavy atom. The molecule has 0 fully saturated rings. The summed E-state index contributed by atoms with van der Waals surface area (Å²) in [6.07, 6.45) is 0. The molecule has 0 spiro atoms. The minimum atomic E-state index is 0.0100. The molecule has 2 aliphatic carbocycles. The van der Waals surface area contributed by atoms with E-state index in [1.807, 2.05) is 0 Å². The summed E-state index contributed by atoms with van der Waals surface area (Å²) in [4.78, 5) is 0. The molecule has 0 N–H and O–H groups in total. The van der Waals surface area contributed by atoms with Crippen molar-refractivity contribution in [2.24, 2.45) is 0 Å². The zero-order valence-corrected chi connectivity index (χ0v) is 24.9. The lowest BCUT2D eigenvalue weighted by Crippen LogP contribution is -2.17. The van der Waals surface area contributed by atoms with Gasteiger partial charge in [-0.2, -0.15) is 0 Å². The molecule has 0 heterocycles. The van der Waals surface area contributed by atoms with Crippen LogP contribution < -0.4 is 0 Å². The van der Waals surface area contributed by atoms with E-state index in [1.54, 1.807) is 0 Å². The highest BCUT2D eigenvalue weighted by Crippen LogP contribution is 2.53. The first-order valence-electron chi connectivity index (χ1n) is 14.2. The third kappa shape index (κ3) is 3.56. The smallest absolute Gasteiger partial charge is 0.0158 e. The number of hydrogen-bond donors (Lipinski definition) is 0. The molecule has 4 aromatic carbocycles. The van der Waals surface area contributed by atoms with Crippen LogP contribution in [0.25, 0.3) is 33.4 Å². The zero-order chi connectivity index (χ0) is 27.4. The van der Waals surface area contributed by atoms with Crippen LogP contribution in [-0.2, 0) is 21.7 Å². The fourth-order valence-corrected chi connectivity index (χ4v) is 6.80. The van der Waals surface area contributed by atoms with Gasteiger partial charge < -0.3 is 0 Å². The van der Waals surface area contributed by atoms with Crippen molar-refractivity contribution in [2.75, 3.05) is 0 Å². The van der Waals surface area contributed by atoms with Gasteiger partial charge in [0.1, 0.15) is 0 Å². The van der Waals surface area contributed by atoms with E-state index in [2.05, 4.69) is 142 Å². The van der Waals surface area contributed by atoms with E-state index in [1.165, 1.54) is 66.8 Å². The van der Waals surface area contributed by atoms with Crippen molar-refractivity contribution >= 4 is 0 Å². The summed E-state index contributed by atoms with van der Waals surface area (Å²) in [5.74, 6) is 0. The van der Waals surface area contributed by atoms with Crippen molar-refractivity contribution in [3.8, 4) is 33.4 Å². The summed E-state index contributed by atoms with van der Waals surface area (Å²) in [5.41, 5.74) is 17.1. The largest absolute Gasteiger partial charge is 0.0579 e. The zero-order valence-electron chi connectivity index (χ0n) is 24.9. The first-order chi connectivity index (χ1) is 17.6. The van der Waals surface area contributed by atoms with Gasteiger partial charge in [0.15, 0.2) is 0 Å². The van der Waals surface area contributed by atoms with Gasteiger partial charge in [-0.3, -0.25) is 0 Å². The molecule has 0 radical (unpaired) electrons. The van der Waals surface area contributed by atoms with Gasteiger partial charge in [-0.05, 0) is 89.7 Å². The molecular formula is C38H42. The average molecular weight is 499 g/mol. The highest BCUT2D eigenvalue weighted by molar-refractivity contribution is 5.88. The predicted molar refractivity (Wildman–Crippen MR) is 164 cm³/mol. The Balaban J connectivity index is 1.47. The maximum atomic E-state index is 2.45. The van der Waals surface area contributed by atoms with Gasteiger partial charge in [0.05, 0.1) is 0 Å². The fourth-order valence-electron chi connectivity index (χ4n) is 6.80. The summed E-state index contributed by atoms with van der Waals surface area (Å²) < 4.78 is 0. The number of hydrogen-bond acceptors (Lipinski definition) is 0. The van der Waals surface area contributed by atoms with Crippen LogP contribution in [0.3, 0.4) is 0 Å². The van der Waals surface area contributed by atoms with Crippen LogP contribution in [0.5, 0.6) is 0 Å². The van der Waals surface area contributed by atoms with Gasteiger partial charge in [-0.25, -0.2) is 0 Å². The lowest BCUT2D eigenvalue weighted by atomic mass is 9.78. The summed E-state index contributed by atoms with van der Waals surface area (Å²) in [7, 11) is 0. The van der Waals surface area contributed by atoms with Crippen molar-refractivity contribution in [1.82, 2.24) is 0 Å². The molecule has 0 aliphatic heterocycles. The lowest BCUT2D eigenvalue weighted by Gasteiger charge is -2.25. The molecule has 0 atom stereocenters. The summed E-state index contributed by atoms with van der Waals surface area (Å²) >= 11 is 0. The second-order valence-electron chi connectivity index (χ2n) is 14.8. The fraction of sp³-hybridized carbons (Fsp3) is 0.368. The summed E-state index contributed by atoms with van der Waals surface area (Å²) in [5, 5.41) is 0. The van der Waals surface area contributed by atoms with Crippen LogP contribution in [-0.4, -0.2) is 0 Å². The predicted octanol–water partition coefficient (Wildman–Crippen LogP) is 10.6. The normalized spacial score (nSPS) is 16.6. The molecule has 2 aliphatic rings. The first-order valence-corrected chi connectivity index (χ1v) is 14.2. The van der Waals surface area contributed by atoms with Gasteiger partial charge in [0.2, 0.25) is 0 Å². The highest BCUT2D eigenvalue weighted by atomic mass is 14.4. The van der Waals surface area contributed by atoms with Gasteiger partial charge in [-0.1, -0.05) is 130 Å². The summed E-state index contributed by atoms with van der Waals surface area (Å²) in [6.45, 7) is 23.3. The Morgan fingerprint density at radius 1 is 0.395 bits per heavy atom. The van der Waals surface area contributed by atoms with E-state index in [9.17, 15) is 0 Å². The van der Waals surface area contributed by atoms with E-state index in [0.717, 1.165) is 0 Å². The first kappa shape index (κ1) is 25.2. The quantitative estimate of drug-likeness (QED) is 0.245. The minimum Gasteiger partial charge on any atom is -0.0579 e. The van der Waals surface area contributed by atoms with Gasteiger partial charge in [-0.15, -0.1) is 0 Å². The number of benzene rings is 4. The van der Waals surface area contributed by atoms with Crippen LogP contribution in [0.4, 0.5) is 0 Å². The van der Waals surface area contributed by atoms with Crippen molar-refractivity contribution in [3.05, 3.63) is 106 Å². The van der Waals surface area contributed by atoms with Crippen molar-refractivity contribution in [3.63, 3.8) is 0 Å². The summed E-state index contributed by atoms with van der Waals surface area (Å²) in [6, 6.07) is 28.6. The molecule has 38 heavy (non-hydrogen) atoms. The lowest BCUT2D eigenvalue weighted by molar-refractivity contribution is 0.584. The van der Waals surface area contributed by atoms with Gasteiger partial charge >= 0.3 is 0 Å². The van der Waals surface area contributed by atoms with Crippen molar-refractivity contribution < 1.29 is 0 Å². The van der Waals surface area contributed by atoms with Crippen LogP contribution in [0.1, 0.15) is 103 Å². The van der Waals surface area contributed by atoms with E-state index in [-0.39, 0.29) is 21.7 Å². The Hall–Kier alpha value is -3.12. The van der Waals surface area contributed by atoms with Gasteiger partial charge in [0.25, 0.3) is 0 Å². The highest BCUT2D eigenvalue weighted by Gasteiger charge is 2.38. The molecule has 0 saturated heterocycles. The second-order valence-corrected chi connectivity index (χ2v) is 14.8. The van der Waals surface area contributed by atoms with Crippen LogP contribution in [0.15, 0.2) is 72.8 Å². The molecular weight excluding hydrogens is 456 g/mol. The number of fused-ring (bicyclic) bond motifs is 6. The van der Waals surface area contributed by atoms with Crippen LogP contribution in [0.2, 0.25) is 0 Å². The molecule has 4 aromatic rings. The molecule has 6 rings (SSSR count). The van der Waals surface area contributed by atoms with E-state index in [4.69, 9.17) is 0 Å². The van der Waals surface area contributed by atoms with Crippen LogP contribution >= 0.6 is 0 Å². The van der Waals surface area contributed by atoms with Crippen LogP contribution in [0, 0.1) is 0 Å². The van der Waals surface area contributed by atoms with Crippen molar-refractivity contribution in [1.29, 1.82) is 0 Å². The topological polar surface area (TPSA) is 0 Å². The molecule has 0 unspecified atom stereocenters. The standard InChI is InChI=1S/C38H42/c1-35(2,3)25-13-15-27-29-19-23(11-17-31(29)37(7,8)33(27)21-25)24-12-18-32-30(20-24)28-16-14-26(36(4,5)6)22-34(28)38(32,9)10/h11-22H,1-10H3. The molecule has 0 nitrogen and oxygen atoms in total. The third-order valence-electron chi connectivity index (χ3n) is 9.42. The molecule has 0 amide bonds. The third-order valence-corrected chi connectivity index (χ3v) is 9.42. The molecule has 0 saturated carbocycles. The monoisotopic (exact) mass is 498 g/mol. The maximum absolute atomic E-state index is 2.45. The van der Waals surface area contributed by atoms with E-state index >= 15 is 0 Å². The van der Waals surface area contributed by atoms with E-state index < -0.39 is 0 Å². The molecule has 0 aromatic heterocycles.